The number of likely N-dealkylation sites (N-methyl/N-ethyl adjacent to an activating group) is 1. The van der Waals surface area contributed by atoms with E-state index in [0.717, 1.165) is 33.8 Å². The second-order valence-corrected chi connectivity index (χ2v) is 8.29. The molecule has 0 bridgehead atoms. The van der Waals surface area contributed by atoms with E-state index in [2.05, 4.69) is 15.0 Å². The van der Waals surface area contributed by atoms with Crippen molar-refractivity contribution in [3.05, 3.63) is 81.7 Å². The van der Waals surface area contributed by atoms with E-state index < -0.39 is 0 Å². The van der Waals surface area contributed by atoms with Crippen LogP contribution in [0.1, 0.15) is 11.4 Å². The molecule has 0 radical (unpaired) electrons. The summed E-state index contributed by atoms with van der Waals surface area (Å²) in [5.41, 5.74) is 2.60. The van der Waals surface area contributed by atoms with Gasteiger partial charge in [-0.1, -0.05) is 30.3 Å². The number of nitrogens with zero attached hydrogens (tertiary/aromatic N) is 4. The van der Waals surface area contributed by atoms with Crippen molar-refractivity contribution >= 4 is 27.8 Å². The molecule has 0 N–H and O–H groups in total. The maximum atomic E-state index is 13.2. The van der Waals surface area contributed by atoms with Crippen molar-refractivity contribution in [2.24, 2.45) is 5.10 Å². The third kappa shape index (κ3) is 4.73. The number of hydrogen-bond donors (Lipinski definition) is 0. The fourth-order valence-corrected chi connectivity index (χ4v) is 4.15. The zero-order chi connectivity index (χ0) is 21.8. The van der Waals surface area contributed by atoms with Gasteiger partial charge in [0, 0.05) is 17.5 Å². The highest BCUT2D eigenvalue weighted by Gasteiger charge is 2.15. The number of rotatable bonds is 7. The van der Waals surface area contributed by atoms with Crippen LogP contribution in [0.5, 0.6) is 5.75 Å². The highest BCUT2D eigenvalue weighted by atomic mass is 32.1. The molecule has 2 heterocycles. The first-order valence-corrected chi connectivity index (χ1v) is 10.9. The fraction of sp³-hybridized carbons (Fsp3) is 0.208. The van der Waals surface area contributed by atoms with Gasteiger partial charge in [0.05, 0.1) is 11.6 Å². The van der Waals surface area contributed by atoms with E-state index in [9.17, 15) is 4.79 Å². The summed E-state index contributed by atoms with van der Waals surface area (Å²) < 4.78 is 7.08. The molecule has 7 heteroatoms. The molecule has 4 rings (SSSR count). The molecule has 31 heavy (non-hydrogen) atoms. The number of ether oxygens (including phenoxy) is 1. The van der Waals surface area contributed by atoms with Gasteiger partial charge >= 0.3 is 0 Å². The second kappa shape index (κ2) is 9.24. The van der Waals surface area contributed by atoms with Gasteiger partial charge in [-0.05, 0) is 56.4 Å². The summed E-state index contributed by atoms with van der Waals surface area (Å²) in [6.45, 7) is 3.28. The summed E-state index contributed by atoms with van der Waals surface area (Å²) in [7, 11) is 4.02. The number of benzene rings is 2. The lowest BCUT2D eigenvalue weighted by atomic mass is 10.1. The van der Waals surface area contributed by atoms with E-state index in [1.54, 1.807) is 13.1 Å². The zero-order valence-electron chi connectivity index (χ0n) is 17.8. The molecule has 0 unspecified atom stereocenters. The van der Waals surface area contributed by atoms with Crippen LogP contribution in [0.2, 0.25) is 0 Å². The van der Waals surface area contributed by atoms with E-state index in [1.807, 2.05) is 74.1 Å². The highest BCUT2D eigenvalue weighted by Crippen LogP contribution is 2.30. The van der Waals surface area contributed by atoms with Crippen LogP contribution in [0, 0.1) is 6.92 Å². The average molecular weight is 433 g/mol. The van der Waals surface area contributed by atoms with E-state index in [0.29, 0.717) is 17.8 Å². The van der Waals surface area contributed by atoms with Crippen molar-refractivity contribution in [3.63, 3.8) is 0 Å². The van der Waals surface area contributed by atoms with Gasteiger partial charge in [-0.2, -0.15) is 9.78 Å². The molecule has 6 nitrogen and oxygen atoms in total. The fourth-order valence-electron chi connectivity index (χ4n) is 3.17. The summed E-state index contributed by atoms with van der Waals surface area (Å²) in [5.74, 6) is 1.36. The van der Waals surface area contributed by atoms with Crippen molar-refractivity contribution < 1.29 is 4.74 Å². The molecule has 2 aromatic heterocycles. The highest BCUT2D eigenvalue weighted by molar-refractivity contribution is 7.17. The minimum Gasteiger partial charge on any atom is -0.492 e. The van der Waals surface area contributed by atoms with Gasteiger partial charge in [0.15, 0.2) is 0 Å². The van der Waals surface area contributed by atoms with Crippen LogP contribution in [-0.4, -0.2) is 48.0 Å². The quantitative estimate of drug-likeness (QED) is 0.410. The number of thiophene rings is 1. The lowest BCUT2D eigenvalue weighted by Gasteiger charge is -2.10. The summed E-state index contributed by atoms with van der Waals surface area (Å²) >= 11 is 1.48. The maximum absolute atomic E-state index is 13.2. The Morgan fingerprint density at radius 2 is 1.87 bits per heavy atom. The molecule has 0 aliphatic carbocycles. The Morgan fingerprint density at radius 1 is 1.13 bits per heavy atom. The minimum absolute atomic E-state index is 0.164. The van der Waals surface area contributed by atoms with Crippen LogP contribution in [0.3, 0.4) is 0 Å². The Kier molecular flexibility index (Phi) is 6.25. The first-order chi connectivity index (χ1) is 15.0. The first kappa shape index (κ1) is 21.0. The molecule has 0 aliphatic rings. The summed E-state index contributed by atoms with van der Waals surface area (Å²) in [6, 6.07) is 17.5. The Hall–Kier alpha value is -3.29. The van der Waals surface area contributed by atoms with Gasteiger partial charge < -0.3 is 9.64 Å². The predicted octanol–water partition coefficient (Wildman–Crippen LogP) is 4.26. The molecule has 158 valence electrons. The second-order valence-electron chi connectivity index (χ2n) is 7.44. The topological polar surface area (TPSA) is 59.7 Å². The normalized spacial score (nSPS) is 11.6. The van der Waals surface area contributed by atoms with Crippen molar-refractivity contribution in [1.29, 1.82) is 0 Å². The van der Waals surface area contributed by atoms with Gasteiger partial charge in [-0.25, -0.2) is 4.98 Å². The largest absolute Gasteiger partial charge is 0.492 e. The lowest BCUT2D eigenvalue weighted by molar-refractivity contribution is 0.261. The van der Waals surface area contributed by atoms with Gasteiger partial charge in [-0.3, -0.25) is 4.79 Å². The third-order valence-electron chi connectivity index (χ3n) is 4.84. The summed E-state index contributed by atoms with van der Waals surface area (Å²) in [6.07, 6.45) is 1.67. The smallest absolute Gasteiger partial charge is 0.283 e. The number of aryl methyl sites for hydroxylation is 1. The number of fused-ring (bicyclic) bond motifs is 1. The van der Waals surface area contributed by atoms with E-state index in [-0.39, 0.29) is 5.56 Å². The van der Waals surface area contributed by atoms with Gasteiger partial charge in [-0.15, -0.1) is 11.3 Å². The van der Waals surface area contributed by atoms with Crippen LogP contribution in [0.4, 0.5) is 0 Å². The van der Waals surface area contributed by atoms with Gasteiger partial charge in [0.2, 0.25) is 0 Å². The Balaban J connectivity index is 1.61. The average Bonchev–Trinajstić information content (AvgIpc) is 3.19. The summed E-state index contributed by atoms with van der Waals surface area (Å²) in [4.78, 5) is 20.6. The molecule has 4 aromatic rings. The Bertz CT molecular complexity index is 1260. The van der Waals surface area contributed by atoms with Crippen LogP contribution in [0.15, 0.2) is 69.9 Å². The first-order valence-electron chi connectivity index (χ1n) is 10.0. The minimum atomic E-state index is -0.164. The standard InChI is InChI=1S/C24H24N4O2S/c1-17-26-23-22(21(16-31-23)19-7-5-4-6-8-19)24(29)28(17)25-15-18-9-11-20(12-10-18)30-14-13-27(2)3/h4-12,15-16H,13-14H2,1-3H3. The van der Waals surface area contributed by atoms with Crippen molar-refractivity contribution in [1.82, 2.24) is 14.6 Å². The van der Waals surface area contributed by atoms with Crippen molar-refractivity contribution in [2.45, 2.75) is 6.92 Å². The zero-order valence-corrected chi connectivity index (χ0v) is 18.6. The molecule has 0 saturated heterocycles. The Labute approximate surface area is 185 Å². The van der Waals surface area contributed by atoms with Crippen LogP contribution >= 0.6 is 11.3 Å². The molecule has 0 atom stereocenters. The van der Waals surface area contributed by atoms with E-state index >= 15 is 0 Å². The molecule has 2 aromatic carbocycles. The lowest BCUT2D eigenvalue weighted by Crippen LogP contribution is -2.20. The van der Waals surface area contributed by atoms with Gasteiger partial charge in [0.1, 0.15) is 23.0 Å². The number of hydrogen-bond acceptors (Lipinski definition) is 6. The molecular weight excluding hydrogens is 408 g/mol. The van der Waals surface area contributed by atoms with Crippen LogP contribution < -0.4 is 10.3 Å². The summed E-state index contributed by atoms with van der Waals surface area (Å²) in [5, 5.41) is 7.01. The van der Waals surface area contributed by atoms with Crippen LogP contribution in [-0.2, 0) is 0 Å². The monoisotopic (exact) mass is 432 g/mol. The molecule has 0 aliphatic heterocycles. The molecule has 0 fully saturated rings. The SMILES string of the molecule is Cc1nc2scc(-c3ccccc3)c2c(=O)n1N=Cc1ccc(OCCN(C)C)cc1. The van der Waals surface area contributed by atoms with Crippen molar-refractivity contribution in [2.75, 3.05) is 27.2 Å². The third-order valence-corrected chi connectivity index (χ3v) is 5.71. The maximum Gasteiger partial charge on any atom is 0.283 e. The molecule has 0 spiro atoms. The van der Waals surface area contributed by atoms with E-state index in [1.165, 1.54) is 16.0 Å². The molecule has 0 amide bonds. The molecular formula is C24H24N4O2S. The van der Waals surface area contributed by atoms with E-state index in [4.69, 9.17) is 4.74 Å². The van der Waals surface area contributed by atoms with Gasteiger partial charge in [0.25, 0.3) is 5.56 Å². The molecule has 0 saturated carbocycles. The number of aromatic nitrogens is 2. The van der Waals surface area contributed by atoms with Crippen molar-refractivity contribution in [3.8, 4) is 16.9 Å². The van der Waals surface area contributed by atoms with Crippen LogP contribution in [0.25, 0.3) is 21.3 Å². The predicted molar refractivity (Wildman–Crippen MR) is 128 cm³/mol. The Morgan fingerprint density at radius 3 is 2.58 bits per heavy atom.